The molecule has 0 aliphatic rings. The molecular weight excluding hydrogens is 390 g/mol. The number of thioether (sulfide) groups is 1. The standard InChI is InChI=1S/C17H14ClN5OS2/c1-2-23-15(13-7-4-8-25-13)20-21-17(23)26-10-14-19-16(24-22-14)11-5-3-6-12(18)9-11/h3-9H,2,10H2,1H3. The van der Waals surface area contributed by atoms with Crippen LogP contribution in [0.4, 0.5) is 0 Å². The number of hydrogen-bond acceptors (Lipinski definition) is 7. The lowest BCUT2D eigenvalue weighted by Crippen LogP contribution is -1.99. The van der Waals surface area contributed by atoms with Gasteiger partial charge in [0.2, 0.25) is 0 Å². The Morgan fingerprint density at radius 1 is 1.23 bits per heavy atom. The van der Waals surface area contributed by atoms with Crippen LogP contribution in [0, 0.1) is 0 Å². The van der Waals surface area contributed by atoms with Crippen LogP contribution in [-0.2, 0) is 12.3 Å². The summed E-state index contributed by atoms with van der Waals surface area (Å²) in [5, 5.41) is 16.2. The summed E-state index contributed by atoms with van der Waals surface area (Å²) in [7, 11) is 0. The third kappa shape index (κ3) is 3.53. The van der Waals surface area contributed by atoms with Gasteiger partial charge < -0.3 is 9.09 Å². The first-order chi connectivity index (χ1) is 12.7. The maximum absolute atomic E-state index is 6.01. The van der Waals surface area contributed by atoms with Crippen LogP contribution >= 0.6 is 34.7 Å². The molecule has 0 aliphatic heterocycles. The van der Waals surface area contributed by atoms with Gasteiger partial charge in [0, 0.05) is 17.1 Å². The van der Waals surface area contributed by atoms with Gasteiger partial charge in [0.25, 0.3) is 5.89 Å². The lowest BCUT2D eigenvalue weighted by molar-refractivity contribution is 0.425. The van der Waals surface area contributed by atoms with E-state index in [1.54, 1.807) is 23.5 Å². The second-order valence-corrected chi connectivity index (χ2v) is 7.67. The van der Waals surface area contributed by atoms with E-state index in [4.69, 9.17) is 16.1 Å². The molecule has 3 heterocycles. The fraction of sp³-hybridized carbons (Fsp3) is 0.176. The summed E-state index contributed by atoms with van der Waals surface area (Å²) >= 11 is 9.20. The summed E-state index contributed by atoms with van der Waals surface area (Å²) in [5.74, 6) is 2.50. The van der Waals surface area contributed by atoms with Crippen LogP contribution < -0.4 is 0 Å². The van der Waals surface area contributed by atoms with E-state index < -0.39 is 0 Å². The van der Waals surface area contributed by atoms with Crippen molar-refractivity contribution in [1.29, 1.82) is 0 Å². The number of nitrogens with zero attached hydrogens (tertiary/aromatic N) is 5. The molecule has 1 aromatic carbocycles. The Morgan fingerprint density at radius 3 is 2.92 bits per heavy atom. The molecule has 0 fully saturated rings. The molecule has 0 radical (unpaired) electrons. The number of thiophene rings is 1. The molecule has 0 amide bonds. The predicted molar refractivity (Wildman–Crippen MR) is 103 cm³/mol. The van der Waals surface area contributed by atoms with Crippen LogP contribution in [0.3, 0.4) is 0 Å². The van der Waals surface area contributed by atoms with E-state index in [1.807, 2.05) is 29.6 Å². The molecule has 26 heavy (non-hydrogen) atoms. The van der Waals surface area contributed by atoms with Crippen molar-refractivity contribution in [3.05, 3.63) is 52.6 Å². The van der Waals surface area contributed by atoms with E-state index >= 15 is 0 Å². The van der Waals surface area contributed by atoms with Gasteiger partial charge >= 0.3 is 0 Å². The van der Waals surface area contributed by atoms with Gasteiger partial charge in [-0.25, -0.2) is 0 Å². The van der Waals surface area contributed by atoms with Crippen molar-refractivity contribution in [2.24, 2.45) is 0 Å². The molecule has 132 valence electrons. The Morgan fingerprint density at radius 2 is 2.15 bits per heavy atom. The van der Waals surface area contributed by atoms with Gasteiger partial charge in [-0.05, 0) is 36.6 Å². The van der Waals surface area contributed by atoms with Gasteiger partial charge in [-0.15, -0.1) is 21.5 Å². The van der Waals surface area contributed by atoms with Gasteiger partial charge in [-0.1, -0.05) is 40.7 Å². The normalized spacial score (nSPS) is 11.2. The van der Waals surface area contributed by atoms with Gasteiger partial charge in [0.05, 0.1) is 10.6 Å². The lowest BCUT2D eigenvalue weighted by Gasteiger charge is -2.04. The van der Waals surface area contributed by atoms with E-state index in [2.05, 4.69) is 31.8 Å². The third-order valence-corrected chi connectivity index (χ3v) is 5.71. The quantitative estimate of drug-likeness (QED) is 0.421. The number of halogens is 1. The van der Waals surface area contributed by atoms with Crippen molar-refractivity contribution < 1.29 is 4.52 Å². The molecule has 0 bridgehead atoms. The molecule has 0 spiro atoms. The van der Waals surface area contributed by atoms with Crippen molar-refractivity contribution in [3.63, 3.8) is 0 Å². The van der Waals surface area contributed by atoms with Gasteiger partial charge in [-0.2, -0.15) is 4.98 Å². The topological polar surface area (TPSA) is 69.6 Å². The number of benzene rings is 1. The molecular formula is C17H14ClN5OS2. The van der Waals surface area contributed by atoms with E-state index in [-0.39, 0.29) is 0 Å². The molecule has 0 aliphatic carbocycles. The maximum atomic E-state index is 6.01. The molecule has 0 unspecified atom stereocenters. The van der Waals surface area contributed by atoms with Gasteiger partial charge in [0.15, 0.2) is 16.8 Å². The van der Waals surface area contributed by atoms with E-state index in [0.29, 0.717) is 22.5 Å². The van der Waals surface area contributed by atoms with E-state index in [1.165, 1.54) is 11.8 Å². The highest BCUT2D eigenvalue weighted by Crippen LogP contribution is 2.29. The second kappa shape index (κ2) is 7.61. The van der Waals surface area contributed by atoms with Crippen molar-refractivity contribution in [1.82, 2.24) is 24.9 Å². The highest BCUT2D eigenvalue weighted by molar-refractivity contribution is 7.98. The first-order valence-corrected chi connectivity index (χ1v) is 10.2. The van der Waals surface area contributed by atoms with Gasteiger partial charge in [-0.3, -0.25) is 0 Å². The molecule has 4 aromatic rings. The first-order valence-electron chi connectivity index (χ1n) is 7.93. The average molecular weight is 404 g/mol. The fourth-order valence-corrected chi connectivity index (χ4v) is 4.20. The summed E-state index contributed by atoms with van der Waals surface area (Å²) in [6.07, 6.45) is 0. The Labute approximate surface area is 163 Å². The average Bonchev–Trinajstić information content (AvgIpc) is 3.39. The van der Waals surface area contributed by atoms with Crippen molar-refractivity contribution in [3.8, 4) is 22.2 Å². The number of rotatable bonds is 6. The minimum absolute atomic E-state index is 0.458. The minimum atomic E-state index is 0.458. The lowest BCUT2D eigenvalue weighted by atomic mass is 10.2. The monoisotopic (exact) mass is 403 g/mol. The van der Waals surface area contributed by atoms with Crippen LogP contribution in [0.1, 0.15) is 12.7 Å². The van der Waals surface area contributed by atoms with Crippen molar-refractivity contribution >= 4 is 34.7 Å². The second-order valence-electron chi connectivity index (χ2n) is 5.34. The minimum Gasteiger partial charge on any atom is -0.334 e. The molecule has 0 N–H and O–H groups in total. The molecule has 0 saturated heterocycles. The summed E-state index contributed by atoms with van der Waals surface area (Å²) in [5.41, 5.74) is 0.804. The molecule has 4 rings (SSSR count). The molecule has 0 saturated carbocycles. The van der Waals surface area contributed by atoms with Crippen LogP contribution in [0.15, 0.2) is 51.5 Å². The maximum Gasteiger partial charge on any atom is 0.258 e. The predicted octanol–water partition coefficient (Wildman–Crippen LogP) is 5.02. The Balaban J connectivity index is 1.50. The smallest absolute Gasteiger partial charge is 0.258 e. The zero-order valence-corrected chi connectivity index (χ0v) is 16.2. The van der Waals surface area contributed by atoms with Crippen molar-refractivity contribution in [2.75, 3.05) is 0 Å². The highest BCUT2D eigenvalue weighted by atomic mass is 35.5. The third-order valence-electron chi connectivity index (χ3n) is 3.64. The van der Waals surface area contributed by atoms with Crippen LogP contribution in [0.25, 0.3) is 22.2 Å². The zero-order valence-electron chi connectivity index (χ0n) is 13.8. The van der Waals surface area contributed by atoms with Crippen LogP contribution in [-0.4, -0.2) is 24.9 Å². The summed E-state index contributed by atoms with van der Waals surface area (Å²) in [6.45, 7) is 2.87. The molecule has 3 aromatic heterocycles. The Kier molecular flexibility index (Phi) is 5.05. The summed E-state index contributed by atoms with van der Waals surface area (Å²) in [4.78, 5) is 5.54. The first kappa shape index (κ1) is 17.3. The Bertz CT molecular complexity index is 1010. The zero-order chi connectivity index (χ0) is 17.9. The van der Waals surface area contributed by atoms with E-state index in [0.717, 1.165) is 28.0 Å². The van der Waals surface area contributed by atoms with Crippen molar-refractivity contribution in [2.45, 2.75) is 24.4 Å². The summed E-state index contributed by atoms with van der Waals surface area (Å²) in [6, 6.07) is 11.4. The number of hydrogen-bond donors (Lipinski definition) is 0. The highest BCUT2D eigenvalue weighted by Gasteiger charge is 2.16. The fourth-order valence-electron chi connectivity index (χ4n) is 2.45. The Hall–Kier alpha value is -2.16. The van der Waals surface area contributed by atoms with Gasteiger partial charge in [0.1, 0.15) is 0 Å². The van der Waals surface area contributed by atoms with E-state index in [9.17, 15) is 0 Å². The van der Waals surface area contributed by atoms with Crippen LogP contribution in [0.5, 0.6) is 0 Å². The molecule has 0 atom stereocenters. The number of aromatic nitrogens is 5. The largest absolute Gasteiger partial charge is 0.334 e. The molecule has 9 heteroatoms. The SMILES string of the molecule is CCn1c(SCc2noc(-c3cccc(Cl)c3)n2)nnc1-c1cccs1. The van der Waals surface area contributed by atoms with Crippen LogP contribution in [0.2, 0.25) is 5.02 Å². The molecule has 6 nitrogen and oxygen atoms in total. The summed E-state index contributed by atoms with van der Waals surface area (Å²) < 4.78 is 7.43.